The van der Waals surface area contributed by atoms with Gasteiger partial charge in [-0.25, -0.2) is 0 Å². The van der Waals surface area contributed by atoms with E-state index < -0.39 is 0 Å². The van der Waals surface area contributed by atoms with E-state index in [0.29, 0.717) is 12.6 Å². The number of hydrogen-bond donors (Lipinski definition) is 1. The van der Waals surface area contributed by atoms with Crippen LogP contribution in [0.5, 0.6) is 0 Å². The number of piperidine rings is 1. The zero-order chi connectivity index (χ0) is 12.4. The van der Waals surface area contributed by atoms with Crippen molar-refractivity contribution in [3.05, 3.63) is 0 Å². The van der Waals surface area contributed by atoms with Crippen LogP contribution in [0.15, 0.2) is 0 Å². The molecule has 2 aliphatic heterocycles. The van der Waals surface area contributed by atoms with Crippen LogP contribution in [0.1, 0.15) is 44.9 Å². The summed E-state index contributed by atoms with van der Waals surface area (Å²) in [6.07, 6.45) is 8.39. The molecule has 1 amide bonds. The predicted octanol–water partition coefficient (Wildman–Crippen LogP) is 1.30. The lowest BCUT2D eigenvalue weighted by Crippen LogP contribution is -2.66. The average Bonchev–Trinajstić information content (AvgIpc) is 2.41. The molecule has 102 valence electrons. The minimum Gasteiger partial charge on any atom is -0.369 e. The van der Waals surface area contributed by atoms with Gasteiger partial charge in [0.05, 0.1) is 12.1 Å². The molecule has 0 aromatic heterocycles. The Bertz CT molecular complexity index is 301. The zero-order valence-electron chi connectivity index (χ0n) is 11.1. The quantitative estimate of drug-likeness (QED) is 0.765. The molecule has 0 radical (unpaired) electrons. The van der Waals surface area contributed by atoms with Crippen molar-refractivity contribution in [1.82, 2.24) is 10.2 Å². The highest BCUT2D eigenvalue weighted by Gasteiger charge is 2.46. The molecule has 1 spiro atoms. The maximum Gasteiger partial charge on any atom is 0.249 e. The molecule has 18 heavy (non-hydrogen) atoms. The molecule has 0 aromatic carbocycles. The highest BCUT2D eigenvalue weighted by molar-refractivity contribution is 5.79. The van der Waals surface area contributed by atoms with Crippen molar-refractivity contribution >= 4 is 5.91 Å². The van der Waals surface area contributed by atoms with Crippen LogP contribution in [0.2, 0.25) is 0 Å². The van der Waals surface area contributed by atoms with Crippen molar-refractivity contribution in [3.63, 3.8) is 0 Å². The van der Waals surface area contributed by atoms with E-state index in [4.69, 9.17) is 4.74 Å². The first kappa shape index (κ1) is 12.4. The minimum atomic E-state index is 0.00257. The lowest BCUT2D eigenvalue weighted by atomic mass is 9.82. The van der Waals surface area contributed by atoms with Gasteiger partial charge in [0.2, 0.25) is 5.91 Å². The number of rotatable bonds is 1. The van der Waals surface area contributed by atoms with Gasteiger partial charge < -0.3 is 15.0 Å². The van der Waals surface area contributed by atoms with E-state index in [2.05, 4.69) is 10.2 Å². The zero-order valence-corrected chi connectivity index (χ0v) is 11.1. The van der Waals surface area contributed by atoms with Gasteiger partial charge in [-0.3, -0.25) is 4.79 Å². The Hall–Kier alpha value is -0.610. The van der Waals surface area contributed by atoms with E-state index in [1.165, 1.54) is 32.1 Å². The van der Waals surface area contributed by atoms with Gasteiger partial charge in [0.1, 0.15) is 6.61 Å². The molecular weight excluding hydrogens is 228 g/mol. The van der Waals surface area contributed by atoms with Gasteiger partial charge in [0, 0.05) is 6.04 Å². The second kappa shape index (κ2) is 5.17. The molecule has 0 aromatic rings. The minimum absolute atomic E-state index is 0.00257. The molecule has 1 aliphatic carbocycles. The topological polar surface area (TPSA) is 41.6 Å². The molecular formula is C14H24N2O2. The summed E-state index contributed by atoms with van der Waals surface area (Å²) in [5.41, 5.74) is 0.00257. The van der Waals surface area contributed by atoms with E-state index in [0.717, 1.165) is 32.5 Å². The van der Waals surface area contributed by atoms with Crippen LogP contribution in [0.4, 0.5) is 0 Å². The first-order valence-electron chi connectivity index (χ1n) is 7.42. The smallest absolute Gasteiger partial charge is 0.249 e. The van der Waals surface area contributed by atoms with Crippen molar-refractivity contribution in [2.24, 2.45) is 0 Å². The van der Waals surface area contributed by atoms with Crippen LogP contribution >= 0.6 is 0 Å². The third kappa shape index (κ3) is 2.16. The molecule has 0 bridgehead atoms. The van der Waals surface area contributed by atoms with E-state index in [-0.39, 0.29) is 11.4 Å². The summed E-state index contributed by atoms with van der Waals surface area (Å²) in [6.45, 7) is 3.07. The van der Waals surface area contributed by atoms with Gasteiger partial charge in [-0.15, -0.1) is 0 Å². The van der Waals surface area contributed by atoms with E-state index in [9.17, 15) is 4.79 Å². The average molecular weight is 252 g/mol. The fourth-order valence-electron chi connectivity index (χ4n) is 3.94. The fourth-order valence-corrected chi connectivity index (χ4v) is 3.94. The molecule has 3 rings (SSSR count). The molecule has 3 fully saturated rings. The summed E-state index contributed by atoms with van der Waals surface area (Å²) in [4.78, 5) is 14.6. The van der Waals surface area contributed by atoms with Crippen LogP contribution in [-0.4, -0.2) is 48.7 Å². The Labute approximate surface area is 109 Å². The van der Waals surface area contributed by atoms with Crippen LogP contribution in [0, 0.1) is 0 Å². The Balaban J connectivity index is 1.82. The van der Waals surface area contributed by atoms with Gasteiger partial charge in [-0.05, 0) is 38.8 Å². The second-order valence-corrected chi connectivity index (χ2v) is 6.02. The summed E-state index contributed by atoms with van der Waals surface area (Å²) < 4.78 is 5.58. The second-order valence-electron chi connectivity index (χ2n) is 6.02. The normalized spacial score (nSPS) is 29.8. The van der Waals surface area contributed by atoms with Gasteiger partial charge in [-0.1, -0.05) is 19.3 Å². The predicted molar refractivity (Wildman–Crippen MR) is 69.4 cm³/mol. The van der Waals surface area contributed by atoms with Crippen LogP contribution in [-0.2, 0) is 9.53 Å². The van der Waals surface area contributed by atoms with E-state index in [1.54, 1.807) is 0 Å². The van der Waals surface area contributed by atoms with Gasteiger partial charge in [0.15, 0.2) is 0 Å². The number of nitrogens with one attached hydrogen (secondary N) is 1. The van der Waals surface area contributed by atoms with Crippen molar-refractivity contribution in [3.8, 4) is 0 Å². The maximum absolute atomic E-state index is 12.3. The lowest BCUT2D eigenvalue weighted by Gasteiger charge is -2.53. The van der Waals surface area contributed by atoms with Crippen LogP contribution < -0.4 is 5.32 Å². The molecule has 0 unspecified atom stereocenters. The van der Waals surface area contributed by atoms with Gasteiger partial charge >= 0.3 is 0 Å². The SMILES string of the molecule is O=C1COCC2(CCNCC2)N1C1CCCCC1. The molecule has 4 heteroatoms. The van der Waals surface area contributed by atoms with Gasteiger partial charge in [-0.2, -0.15) is 0 Å². The van der Waals surface area contributed by atoms with Gasteiger partial charge in [0.25, 0.3) is 0 Å². The number of ether oxygens (including phenoxy) is 1. The number of nitrogens with zero attached hydrogens (tertiary/aromatic N) is 1. The molecule has 2 saturated heterocycles. The standard InChI is InChI=1S/C14H24N2O2/c17-13-10-18-11-14(6-8-15-9-7-14)16(13)12-4-2-1-3-5-12/h12,15H,1-11H2. The summed E-state index contributed by atoms with van der Waals surface area (Å²) in [5, 5.41) is 3.40. The highest BCUT2D eigenvalue weighted by Crippen LogP contribution is 2.36. The summed E-state index contributed by atoms with van der Waals surface area (Å²) in [6, 6.07) is 0.480. The highest BCUT2D eigenvalue weighted by atomic mass is 16.5. The third-order valence-corrected chi connectivity index (χ3v) is 4.85. The molecule has 3 aliphatic rings. The van der Waals surface area contributed by atoms with Crippen molar-refractivity contribution < 1.29 is 9.53 Å². The van der Waals surface area contributed by atoms with E-state index in [1.807, 2.05) is 0 Å². The van der Waals surface area contributed by atoms with Crippen LogP contribution in [0.25, 0.3) is 0 Å². The van der Waals surface area contributed by atoms with Crippen molar-refractivity contribution in [1.29, 1.82) is 0 Å². The Morgan fingerprint density at radius 1 is 1.17 bits per heavy atom. The van der Waals surface area contributed by atoms with Crippen molar-refractivity contribution in [2.75, 3.05) is 26.3 Å². The Morgan fingerprint density at radius 2 is 1.89 bits per heavy atom. The number of morpholine rings is 1. The first-order chi connectivity index (χ1) is 8.82. The third-order valence-electron chi connectivity index (χ3n) is 4.85. The van der Waals surface area contributed by atoms with Crippen LogP contribution in [0.3, 0.4) is 0 Å². The monoisotopic (exact) mass is 252 g/mol. The molecule has 0 atom stereocenters. The molecule has 1 N–H and O–H groups in total. The van der Waals surface area contributed by atoms with E-state index >= 15 is 0 Å². The molecule has 2 heterocycles. The summed E-state index contributed by atoms with van der Waals surface area (Å²) >= 11 is 0. The number of carbonyl (C=O) groups excluding carboxylic acids is 1. The Kier molecular flexibility index (Phi) is 3.57. The molecule has 4 nitrogen and oxygen atoms in total. The molecule has 1 saturated carbocycles. The first-order valence-corrected chi connectivity index (χ1v) is 7.42. The van der Waals surface area contributed by atoms with Crippen molar-refractivity contribution in [2.45, 2.75) is 56.5 Å². The maximum atomic E-state index is 12.3. The summed E-state index contributed by atoms with van der Waals surface area (Å²) in [7, 11) is 0. The fraction of sp³-hybridized carbons (Fsp3) is 0.929. The number of hydrogen-bond acceptors (Lipinski definition) is 3. The summed E-state index contributed by atoms with van der Waals surface area (Å²) in [5.74, 6) is 0.232. The lowest BCUT2D eigenvalue weighted by molar-refractivity contribution is -0.168. The number of carbonyl (C=O) groups is 1. The Morgan fingerprint density at radius 3 is 2.61 bits per heavy atom. The number of amides is 1. The largest absolute Gasteiger partial charge is 0.369 e.